The summed E-state index contributed by atoms with van der Waals surface area (Å²) in [5.74, 6) is -0.789. The summed E-state index contributed by atoms with van der Waals surface area (Å²) in [4.78, 5) is 22.1. The van der Waals surface area contributed by atoms with Crippen LogP contribution in [0, 0.1) is 5.82 Å². The number of H-pyrrole nitrogens is 1. The Morgan fingerprint density at radius 3 is 2.75 bits per heavy atom. The van der Waals surface area contributed by atoms with Crippen molar-refractivity contribution in [2.45, 2.75) is 19.5 Å². The van der Waals surface area contributed by atoms with Crippen LogP contribution in [0.3, 0.4) is 0 Å². The van der Waals surface area contributed by atoms with E-state index in [0.717, 1.165) is 11.3 Å². The number of hydrogen-bond donors (Lipinski definition) is 3. The highest BCUT2D eigenvalue weighted by Crippen LogP contribution is 2.29. The highest BCUT2D eigenvalue weighted by Gasteiger charge is 2.22. The van der Waals surface area contributed by atoms with E-state index < -0.39 is 11.6 Å². The molecule has 0 saturated carbocycles. The van der Waals surface area contributed by atoms with Gasteiger partial charge < -0.3 is 15.8 Å². The SMILES string of the molecule is Nc1ccc(-c2nc3c(c(=O)[nH]2)CN(Cc2cc(F)c(O)c(Cl)c2)CC3)cc1. The molecule has 0 amide bonds. The van der Waals surface area contributed by atoms with E-state index in [9.17, 15) is 14.3 Å². The Balaban J connectivity index is 1.57. The van der Waals surface area contributed by atoms with Crippen molar-refractivity contribution in [3.8, 4) is 17.1 Å². The first-order valence-electron chi connectivity index (χ1n) is 8.78. The van der Waals surface area contributed by atoms with Crippen LogP contribution in [0.25, 0.3) is 11.4 Å². The third-order valence-corrected chi connectivity index (χ3v) is 5.10. The van der Waals surface area contributed by atoms with E-state index in [1.54, 1.807) is 12.1 Å². The number of aromatic hydroxyl groups is 1. The number of fused-ring (bicyclic) bond motifs is 1. The summed E-state index contributed by atoms with van der Waals surface area (Å²) in [7, 11) is 0. The molecule has 2 aromatic carbocycles. The Morgan fingerprint density at radius 2 is 2.04 bits per heavy atom. The lowest BCUT2D eigenvalue weighted by atomic mass is 10.1. The number of nitrogens with two attached hydrogens (primary N) is 1. The van der Waals surface area contributed by atoms with Crippen molar-refractivity contribution in [2.24, 2.45) is 0 Å². The van der Waals surface area contributed by atoms with Crippen molar-refractivity contribution >= 4 is 17.3 Å². The van der Waals surface area contributed by atoms with Crippen LogP contribution < -0.4 is 11.3 Å². The van der Waals surface area contributed by atoms with E-state index in [1.807, 2.05) is 17.0 Å². The molecule has 8 heteroatoms. The maximum Gasteiger partial charge on any atom is 0.255 e. The fourth-order valence-electron chi connectivity index (χ4n) is 3.36. The van der Waals surface area contributed by atoms with Gasteiger partial charge in [0.25, 0.3) is 5.56 Å². The lowest BCUT2D eigenvalue weighted by Gasteiger charge is -2.27. The maximum absolute atomic E-state index is 13.7. The van der Waals surface area contributed by atoms with Gasteiger partial charge >= 0.3 is 0 Å². The molecule has 28 heavy (non-hydrogen) atoms. The van der Waals surface area contributed by atoms with Crippen molar-refractivity contribution in [2.75, 3.05) is 12.3 Å². The highest BCUT2D eigenvalue weighted by molar-refractivity contribution is 6.32. The molecule has 0 fully saturated rings. The number of phenolic OH excluding ortho intramolecular Hbond substituents is 1. The molecule has 0 bridgehead atoms. The number of nitrogens with one attached hydrogen (secondary N) is 1. The lowest BCUT2D eigenvalue weighted by Crippen LogP contribution is -2.35. The van der Waals surface area contributed by atoms with Crippen molar-refractivity contribution in [1.29, 1.82) is 0 Å². The third-order valence-electron chi connectivity index (χ3n) is 4.81. The summed E-state index contributed by atoms with van der Waals surface area (Å²) in [5.41, 5.74) is 8.97. The minimum atomic E-state index is -0.757. The summed E-state index contributed by atoms with van der Waals surface area (Å²) in [6.45, 7) is 1.49. The molecule has 4 N–H and O–H groups in total. The molecule has 144 valence electrons. The molecule has 0 unspecified atom stereocenters. The maximum atomic E-state index is 13.7. The molecule has 0 aliphatic carbocycles. The molecule has 3 aromatic rings. The largest absolute Gasteiger partial charge is 0.504 e. The predicted molar refractivity (Wildman–Crippen MR) is 106 cm³/mol. The fourth-order valence-corrected chi connectivity index (χ4v) is 3.59. The zero-order chi connectivity index (χ0) is 19.8. The number of aromatic amines is 1. The minimum Gasteiger partial charge on any atom is -0.504 e. The Kier molecular flexibility index (Phi) is 4.78. The van der Waals surface area contributed by atoms with E-state index >= 15 is 0 Å². The number of benzene rings is 2. The van der Waals surface area contributed by atoms with E-state index in [2.05, 4.69) is 9.97 Å². The summed E-state index contributed by atoms with van der Waals surface area (Å²) in [6.07, 6.45) is 0.607. The van der Waals surface area contributed by atoms with Gasteiger partial charge in [-0.1, -0.05) is 11.6 Å². The lowest BCUT2D eigenvalue weighted by molar-refractivity contribution is 0.241. The second kappa shape index (κ2) is 7.26. The Labute approximate surface area is 165 Å². The Morgan fingerprint density at radius 1 is 1.29 bits per heavy atom. The van der Waals surface area contributed by atoms with Crippen LogP contribution in [-0.4, -0.2) is 26.5 Å². The molecule has 4 rings (SSSR count). The molecular formula is C20H18ClFN4O2. The molecule has 0 spiro atoms. The van der Waals surface area contributed by atoms with Gasteiger partial charge in [0.15, 0.2) is 11.6 Å². The van der Waals surface area contributed by atoms with Gasteiger partial charge in [0, 0.05) is 37.3 Å². The quantitative estimate of drug-likeness (QED) is 0.587. The van der Waals surface area contributed by atoms with Gasteiger partial charge in [0.1, 0.15) is 5.82 Å². The second-order valence-corrected chi connectivity index (χ2v) is 7.24. The van der Waals surface area contributed by atoms with Crippen LogP contribution in [0.1, 0.15) is 16.8 Å². The molecule has 0 atom stereocenters. The smallest absolute Gasteiger partial charge is 0.255 e. The standard InChI is InChI=1S/C20H18ClFN4O2/c21-15-7-11(8-16(22)18(15)27)9-26-6-5-17-14(10-26)20(28)25-19(24-17)12-1-3-13(23)4-2-12/h1-4,7-8,27H,5-6,9-10,23H2,(H,24,25,28). The van der Waals surface area contributed by atoms with Crippen molar-refractivity contribution in [1.82, 2.24) is 14.9 Å². The van der Waals surface area contributed by atoms with Crippen LogP contribution >= 0.6 is 11.6 Å². The van der Waals surface area contributed by atoms with E-state index in [4.69, 9.17) is 17.3 Å². The highest BCUT2D eigenvalue weighted by atomic mass is 35.5. The number of anilines is 1. The number of aromatic nitrogens is 2. The van der Waals surface area contributed by atoms with Crippen LogP contribution in [-0.2, 0) is 19.5 Å². The summed E-state index contributed by atoms with van der Waals surface area (Å²) in [5, 5.41) is 9.43. The van der Waals surface area contributed by atoms with E-state index in [-0.39, 0.29) is 10.6 Å². The van der Waals surface area contributed by atoms with Crippen LogP contribution in [0.4, 0.5) is 10.1 Å². The zero-order valence-electron chi connectivity index (χ0n) is 14.9. The zero-order valence-corrected chi connectivity index (χ0v) is 15.6. The number of nitrogen functional groups attached to an aromatic ring is 1. The average molecular weight is 401 g/mol. The van der Waals surface area contributed by atoms with Crippen LogP contribution in [0.15, 0.2) is 41.2 Å². The van der Waals surface area contributed by atoms with Crippen LogP contribution in [0.5, 0.6) is 5.75 Å². The number of nitrogens with zero attached hydrogens (tertiary/aromatic N) is 2. The minimum absolute atomic E-state index is 0.0277. The van der Waals surface area contributed by atoms with Gasteiger partial charge in [-0.3, -0.25) is 9.69 Å². The normalized spacial score (nSPS) is 14.1. The van der Waals surface area contributed by atoms with Gasteiger partial charge in [-0.05, 0) is 42.0 Å². The first-order chi connectivity index (χ1) is 13.4. The fraction of sp³-hybridized carbons (Fsp3) is 0.200. The Hall–Kier alpha value is -2.90. The number of hydrogen-bond acceptors (Lipinski definition) is 5. The van der Waals surface area contributed by atoms with Crippen molar-refractivity contribution in [3.63, 3.8) is 0 Å². The molecule has 1 aliphatic rings. The van der Waals surface area contributed by atoms with Crippen molar-refractivity contribution < 1.29 is 9.50 Å². The molecule has 0 radical (unpaired) electrons. The number of phenols is 1. The summed E-state index contributed by atoms with van der Waals surface area (Å²) >= 11 is 5.85. The Bertz CT molecular complexity index is 1080. The second-order valence-electron chi connectivity index (χ2n) is 6.83. The molecule has 2 heterocycles. The van der Waals surface area contributed by atoms with E-state index in [0.29, 0.717) is 48.7 Å². The van der Waals surface area contributed by atoms with Crippen LogP contribution in [0.2, 0.25) is 5.02 Å². The molecular weight excluding hydrogens is 383 g/mol. The van der Waals surface area contributed by atoms with Gasteiger partial charge in [0.2, 0.25) is 0 Å². The van der Waals surface area contributed by atoms with Gasteiger partial charge in [0.05, 0.1) is 16.3 Å². The third kappa shape index (κ3) is 3.58. The van der Waals surface area contributed by atoms with E-state index in [1.165, 1.54) is 12.1 Å². The topological polar surface area (TPSA) is 95.2 Å². The summed E-state index contributed by atoms with van der Waals surface area (Å²) in [6, 6.07) is 9.94. The van der Waals surface area contributed by atoms with Gasteiger partial charge in [-0.15, -0.1) is 0 Å². The number of halogens is 2. The average Bonchev–Trinajstić information content (AvgIpc) is 2.67. The molecule has 1 aliphatic heterocycles. The molecule has 0 saturated heterocycles. The molecule has 1 aromatic heterocycles. The first-order valence-corrected chi connectivity index (χ1v) is 9.15. The monoisotopic (exact) mass is 400 g/mol. The first kappa shape index (κ1) is 18.5. The summed E-state index contributed by atoms with van der Waals surface area (Å²) < 4.78 is 13.7. The van der Waals surface area contributed by atoms with Crippen molar-refractivity contribution in [3.05, 3.63) is 74.4 Å². The predicted octanol–water partition coefficient (Wildman–Crippen LogP) is 3.08. The van der Waals surface area contributed by atoms with Gasteiger partial charge in [-0.2, -0.15) is 0 Å². The number of rotatable bonds is 3. The van der Waals surface area contributed by atoms with Gasteiger partial charge in [-0.25, -0.2) is 9.37 Å². The molecule has 6 nitrogen and oxygen atoms in total.